The molecule has 0 unspecified atom stereocenters. The highest BCUT2D eigenvalue weighted by Crippen LogP contribution is 2.25. The molecule has 1 rings (SSSR count). The largest absolute Gasteiger partial charge is 0.346 e. The number of hydrogen-bond acceptors (Lipinski definition) is 3. The molecule has 1 amide bonds. The molecule has 1 aromatic carbocycles. The third-order valence-electron chi connectivity index (χ3n) is 3.65. The summed E-state index contributed by atoms with van der Waals surface area (Å²) >= 11 is 3.41. The number of nitrogens with one attached hydrogen (secondary N) is 1. The molecule has 0 saturated heterocycles. The SMILES string of the molecule is CCC(CC)(CBr)NC(=O)c1cccc(C)c1[N+](=O)[O-]. The zero-order chi connectivity index (χ0) is 15.3. The molecular formula is C14H19BrN2O3. The highest BCUT2D eigenvalue weighted by molar-refractivity contribution is 9.09. The highest BCUT2D eigenvalue weighted by Gasteiger charge is 2.30. The van der Waals surface area contributed by atoms with Crippen molar-refractivity contribution in [1.82, 2.24) is 5.32 Å². The number of carbonyl (C=O) groups excluding carboxylic acids is 1. The first-order valence-electron chi connectivity index (χ1n) is 6.53. The van der Waals surface area contributed by atoms with Crippen LogP contribution in [-0.4, -0.2) is 21.7 Å². The van der Waals surface area contributed by atoms with E-state index in [0.717, 1.165) is 12.8 Å². The van der Waals surface area contributed by atoms with Gasteiger partial charge in [0.1, 0.15) is 5.56 Å². The minimum absolute atomic E-state index is 0.113. The molecule has 0 spiro atoms. The van der Waals surface area contributed by atoms with Gasteiger partial charge in [0.15, 0.2) is 0 Å². The summed E-state index contributed by atoms with van der Waals surface area (Å²) in [6, 6.07) is 4.78. The molecule has 0 aliphatic heterocycles. The van der Waals surface area contributed by atoms with Gasteiger partial charge in [0.25, 0.3) is 11.6 Å². The first kappa shape index (κ1) is 16.6. The van der Waals surface area contributed by atoms with Crippen molar-refractivity contribution in [3.05, 3.63) is 39.4 Å². The van der Waals surface area contributed by atoms with Gasteiger partial charge >= 0.3 is 0 Å². The summed E-state index contributed by atoms with van der Waals surface area (Å²) < 4.78 is 0. The van der Waals surface area contributed by atoms with E-state index >= 15 is 0 Å². The van der Waals surface area contributed by atoms with Gasteiger partial charge in [-0.2, -0.15) is 0 Å². The topological polar surface area (TPSA) is 72.2 Å². The Hall–Kier alpha value is -1.43. The Bertz CT molecular complexity index is 505. The first-order chi connectivity index (χ1) is 9.40. The fraction of sp³-hybridized carbons (Fsp3) is 0.500. The van der Waals surface area contributed by atoms with Crippen LogP contribution in [0.15, 0.2) is 18.2 Å². The molecule has 0 radical (unpaired) electrons. The molecule has 0 aliphatic rings. The highest BCUT2D eigenvalue weighted by atomic mass is 79.9. The molecule has 110 valence electrons. The van der Waals surface area contributed by atoms with E-state index in [-0.39, 0.29) is 16.8 Å². The van der Waals surface area contributed by atoms with Crippen LogP contribution in [0.4, 0.5) is 5.69 Å². The molecule has 0 atom stereocenters. The van der Waals surface area contributed by atoms with Gasteiger partial charge in [-0.25, -0.2) is 0 Å². The number of amides is 1. The quantitative estimate of drug-likeness (QED) is 0.487. The first-order valence-corrected chi connectivity index (χ1v) is 7.65. The van der Waals surface area contributed by atoms with E-state index in [0.29, 0.717) is 10.9 Å². The Kier molecular flexibility index (Phi) is 5.68. The number of hydrogen-bond donors (Lipinski definition) is 1. The van der Waals surface area contributed by atoms with Crippen molar-refractivity contribution < 1.29 is 9.72 Å². The number of halogens is 1. The van der Waals surface area contributed by atoms with Crippen LogP contribution in [0.25, 0.3) is 0 Å². The van der Waals surface area contributed by atoms with E-state index in [1.165, 1.54) is 6.07 Å². The molecule has 0 aromatic heterocycles. The van der Waals surface area contributed by atoms with Crippen molar-refractivity contribution in [3.8, 4) is 0 Å². The lowest BCUT2D eigenvalue weighted by molar-refractivity contribution is -0.385. The summed E-state index contributed by atoms with van der Waals surface area (Å²) in [6.07, 6.45) is 1.50. The zero-order valence-electron chi connectivity index (χ0n) is 11.9. The molecule has 1 aromatic rings. The normalized spacial score (nSPS) is 11.2. The summed E-state index contributed by atoms with van der Waals surface area (Å²) in [5.74, 6) is -0.399. The second kappa shape index (κ2) is 6.83. The van der Waals surface area contributed by atoms with Crippen molar-refractivity contribution in [2.75, 3.05) is 5.33 Å². The number of nitro benzene ring substituents is 1. The van der Waals surface area contributed by atoms with Crippen molar-refractivity contribution in [2.24, 2.45) is 0 Å². The zero-order valence-corrected chi connectivity index (χ0v) is 13.5. The fourth-order valence-corrected chi connectivity index (χ4v) is 2.98. The predicted molar refractivity (Wildman–Crippen MR) is 82.4 cm³/mol. The van der Waals surface area contributed by atoms with Crippen LogP contribution in [0.2, 0.25) is 0 Å². The molecular weight excluding hydrogens is 324 g/mol. The predicted octanol–water partition coefficient (Wildman–Crippen LogP) is 3.59. The van der Waals surface area contributed by atoms with E-state index in [9.17, 15) is 14.9 Å². The molecule has 20 heavy (non-hydrogen) atoms. The van der Waals surface area contributed by atoms with E-state index in [2.05, 4.69) is 21.2 Å². The van der Waals surface area contributed by atoms with Crippen LogP contribution < -0.4 is 5.32 Å². The molecule has 0 fully saturated rings. The lowest BCUT2D eigenvalue weighted by Crippen LogP contribution is -2.49. The maximum absolute atomic E-state index is 12.4. The number of rotatable bonds is 6. The van der Waals surface area contributed by atoms with Crippen LogP contribution in [0.3, 0.4) is 0 Å². The van der Waals surface area contributed by atoms with Crippen molar-refractivity contribution >= 4 is 27.5 Å². The van der Waals surface area contributed by atoms with Gasteiger partial charge in [0.05, 0.1) is 4.92 Å². The van der Waals surface area contributed by atoms with E-state index < -0.39 is 10.8 Å². The third-order valence-corrected chi connectivity index (χ3v) is 4.73. The van der Waals surface area contributed by atoms with Gasteiger partial charge in [0, 0.05) is 16.4 Å². The summed E-state index contributed by atoms with van der Waals surface area (Å²) in [4.78, 5) is 23.0. The Morgan fingerprint density at radius 3 is 2.45 bits per heavy atom. The number of para-hydroxylation sites is 1. The van der Waals surface area contributed by atoms with E-state index in [4.69, 9.17) is 0 Å². The average Bonchev–Trinajstić information content (AvgIpc) is 2.44. The van der Waals surface area contributed by atoms with E-state index in [1.807, 2.05) is 13.8 Å². The minimum atomic E-state index is -0.502. The number of nitro groups is 1. The lowest BCUT2D eigenvalue weighted by Gasteiger charge is -2.30. The molecule has 0 aliphatic carbocycles. The number of nitrogens with zero attached hydrogens (tertiary/aromatic N) is 1. The Morgan fingerprint density at radius 1 is 1.40 bits per heavy atom. The number of alkyl halides is 1. The molecule has 0 bridgehead atoms. The van der Waals surface area contributed by atoms with Gasteiger partial charge in [-0.3, -0.25) is 14.9 Å². The Morgan fingerprint density at radius 2 is 2.00 bits per heavy atom. The van der Waals surface area contributed by atoms with Gasteiger partial charge in [-0.15, -0.1) is 0 Å². The summed E-state index contributed by atoms with van der Waals surface area (Å²) in [7, 11) is 0. The van der Waals surface area contributed by atoms with Crippen LogP contribution in [0, 0.1) is 17.0 Å². The second-order valence-electron chi connectivity index (χ2n) is 4.80. The van der Waals surface area contributed by atoms with Crippen molar-refractivity contribution in [2.45, 2.75) is 39.2 Å². The van der Waals surface area contributed by atoms with Crippen molar-refractivity contribution in [1.29, 1.82) is 0 Å². The number of benzene rings is 1. The summed E-state index contributed by atoms with van der Waals surface area (Å²) in [5.41, 5.74) is 0.0947. The maximum Gasteiger partial charge on any atom is 0.285 e. The number of carbonyl (C=O) groups is 1. The fourth-order valence-electron chi connectivity index (χ4n) is 2.04. The maximum atomic E-state index is 12.4. The minimum Gasteiger partial charge on any atom is -0.346 e. The smallest absolute Gasteiger partial charge is 0.285 e. The molecule has 1 N–H and O–H groups in total. The average molecular weight is 343 g/mol. The van der Waals surface area contributed by atoms with Gasteiger partial charge in [-0.05, 0) is 25.8 Å². The molecule has 0 saturated carbocycles. The standard InChI is InChI=1S/C14H19BrN2O3/c1-4-14(5-2,9-15)16-13(18)11-8-6-7-10(3)12(11)17(19)20/h6-8H,4-5,9H2,1-3H3,(H,16,18). The molecule has 6 heteroatoms. The number of aryl methyl sites for hydroxylation is 1. The third kappa shape index (κ3) is 3.36. The summed E-state index contributed by atoms with van der Waals surface area (Å²) in [6.45, 7) is 5.59. The van der Waals surface area contributed by atoms with Gasteiger partial charge < -0.3 is 5.32 Å². The van der Waals surface area contributed by atoms with E-state index in [1.54, 1.807) is 19.1 Å². The van der Waals surface area contributed by atoms with Gasteiger partial charge in [-0.1, -0.05) is 41.9 Å². The summed E-state index contributed by atoms with van der Waals surface area (Å²) in [5, 5.41) is 14.7. The lowest BCUT2D eigenvalue weighted by atomic mass is 9.94. The molecule has 0 heterocycles. The van der Waals surface area contributed by atoms with Crippen LogP contribution in [0.1, 0.15) is 42.6 Å². The van der Waals surface area contributed by atoms with Gasteiger partial charge in [0.2, 0.25) is 0 Å². The Balaban J connectivity index is 3.16. The van der Waals surface area contributed by atoms with Crippen LogP contribution in [-0.2, 0) is 0 Å². The van der Waals surface area contributed by atoms with Crippen LogP contribution in [0.5, 0.6) is 0 Å². The van der Waals surface area contributed by atoms with Crippen LogP contribution >= 0.6 is 15.9 Å². The molecule has 5 nitrogen and oxygen atoms in total. The Labute approximate surface area is 127 Å². The second-order valence-corrected chi connectivity index (χ2v) is 5.36. The monoisotopic (exact) mass is 342 g/mol. The van der Waals surface area contributed by atoms with Crippen molar-refractivity contribution in [3.63, 3.8) is 0 Å².